The van der Waals surface area contributed by atoms with E-state index in [0.29, 0.717) is 31.9 Å². The Labute approximate surface area is 252 Å². The van der Waals surface area contributed by atoms with Gasteiger partial charge in [-0.05, 0) is 42.5 Å². The van der Waals surface area contributed by atoms with Crippen LogP contribution in [0.25, 0.3) is 0 Å². The molecule has 4 heterocycles. The van der Waals surface area contributed by atoms with Crippen molar-refractivity contribution in [1.82, 2.24) is 14.7 Å². The van der Waals surface area contributed by atoms with Gasteiger partial charge in [-0.3, -0.25) is 19.2 Å². The molecule has 2 aromatic rings. The van der Waals surface area contributed by atoms with E-state index in [0.717, 1.165) is 5.56 Å². The summed E-state index contributed by atoms with van der Waals surface area (Å²) < 4.78 is 17.1. The molecule has 4 atom stereocenters. The van der Waals surface area contributed by atoms with E-state index < -0.39 is 23.4 Å². The van der Waals surface area contributed by atoms with E-state index >= 15 is 0 Å². The number of hydrogen-bond acceptors (Lipinski definition) is 7. The molecule has 43 heavy (non-hydrogen) atoms. The third-order valence-corrected chi connectivity index (χ3v) is 8.94. The second-order valence-electron chi connectivity index (χ2n) is 12.7. The molecular weight excluding hydrogens is 550 g/mol. The number of rotatable bonds is 6. The molecule has 10 heteroatoms. The number of esters is 1. The van der Waals surface area contributed by atoms with E-state index in [-0.39, 0.29) is 54.4 Å². The number of hydrogen-bond donors (Lipinski definition) is 0. The van der Waals surface area contributed by atoms with Gasteiger partial charge < -0.3 is 28.6 Å². The van der Waals surface area contributed by atoms with Crippen molar-refractivity contribution in [3.63, 3.8) is 0 Å². The number of nitrogens with zero attached hydrogens (tertiary/aromatic N) is 3. The molecule has 1 aromatic heterocycles. The molecule has 0 bridgehead atoms. The summed E-state index contributed by atoms with van der Waals surface area (Å²) >= 11 is 0. The van der Waals surface area contributed by atoms with Crippen LogP contribution in [0.4, 0.5) is 0 Å². The first-order valence-electron chi connectivity index (χ1n) is 14.9. The predicted octanol–water partition coefficient (Wildman–Crippen LogP) is 3.88. The molecule has 5 rings (SSSR count). The van der Waals surface area contributed by atoms with Gasteiger partial charge in [-0.1, -0.05) is 51.1 Å². The van der Waals surface area contributed by atoms with Crippen LogP contribution in [0.3, 0.4) is 0 Å². The minimum absolute atomic E-state index is 0.0578. The van der Waals surface area contributed by atoms with E-state index in [2.05, 4.69) is 20.8 Å². The number of furan rings is 1. The highest BCUT2D eigenvalue weighted by Gasteiger charge is 2.60. The predicted molar refractivity (Wildman–Crippen MR) is 157 cm³/mol. The Morgan fingerprint density at radius 3 is 2.28 bits per heavy atom. The zero-order valence-electron chi connectivity index (χ0n) is 25.6. The maximum Gasteiger partial charge on any atom is 0.320 e. The van der Waals surface area contributed by atoms with Crippen LogP contribution >= 0.6 is 0 Å². The highest BCUT2D eigenvalue weighted by atomic mass is 16.5. The van der Waals surface area contributed by atoms with E-state index in [9.17, 15) is 19.2 Å². The molecule has 0 aliphatic carbocycles. The Morgan fingerprint density at radius 1 is 1.00 bits per heavy atom. The normalized spacial score (nSPS) is 26.1. The van der Waals surface area contributed by atoms with Crippen molar-refractivity contribution >= 4 is 23.7 Å². The van der Waals surface area contributed by atoms with Crippen LogP contribution < -0.4 is 0 Å². The standard InChI is InChI=1S/C33H41N3O7/c1-22-33(31(40)41-5)20-24(18-28(37)34-13-15-35(16-14-34)30(39)25-12-9-17-42-25)29(38)36(21-23-10-7-6-8-11-23)26(33)19-27(43-22)32(2,3)4/h6-12,17,19,22,24,27H,13-16,18,20-21H2,1-5H3/t22-,24+,27-,33+/m1/s1. The van der Waals surface area contributed by atoms with Crippen molar-refractivity contribution in [3.05, 3.63) is 71.8 Å². The Balaban J connectivity index is 1.42. The number of piperazine rings is 1. The van der Waals surface area contributed by atoms with E-state index in [1.807, 2.05) is 43.3 Å². The first kappa shape index (κ1) is 30.5. The second kappa shape index (κ2) is 12.0. The topological polar surface area (TPSA) is 110 Å². The van der Waals surface area contributed by atoms with Crippen LogP contribution in [0, 0.1) is 16.7 Å². The molecule has 10 nitrogen and oxygen atoms in total. The first-order valence-corrected chi connectivity index (χ1v) is 14.9. The third kappa shape index (κ3) is 5.85. The van der Waals surface area contributed by atoms with Crippen LogP contribution in [0.2, 0.25) is 0 Å². The molecule has 0 unspecified atom stereocenters. The minimum atomic E-state index is -1.25. The molecule has 1 aromatic carbocycles. The maximum atomic E-state index is 14.3. The average Bonchev–Trinajstić information content (AvgIpc) is 3.54. The lowest BCUT2D eigenvalue weighted by molar-refractivity contribution is -0.180. The summed E-state index contributed by atoms with van der Waals surface area (Å²) in [5, 5.41) is 0. The van der Waals surface area contributed by atoms with Gasteiger partial charge in [0.05, 0.1) is 32.1 Å². The van der Waals surface area contributed by atoms with Crippen LogP contribution in [-0.4, -0.2) is 83.9 Å². The van der Waals surface area contributed by atoms with Gasteiger partial charge in [-0.15, -0.1) is 0 Å². The molecule has 2 saturated heterocycles. The van der Waals surface area contributed by atoms with Gasteiger partial charge in [0.15, 0.2) is 5.76 Å². The number of carbonyl (C=O) groups excluding carboxylic acids is 4. The number of ether oxygens (including phenoxy) is 2. The van der Waals surface area contributed by atoms with Gasteiger partial charge in [-0.2, -0.15) is 0 Å². The van der Waals surface area contributed by atoms with E-state index in [1.54, 1.807) is 26.8 Å². The summed E-state index contributed by atoms with van der Waals surface area (Å²) in [6.45, 7) is 9.70. The average molecular weight is 592 g/mol. The van der Waals surface area contributed by atoms with Crippen molar-refractivity contribution in [2.45, 2.75) is 59.3 Å². The molecule has 0 saturated carbocycles. The van der Waals surface area contributed by atoms with Gasteiger partial charge in [0.1, 0.15) is 5.41 Å². The summed E-state index contributed by atoms with van der Waals surface area (Å²) in [6, 6.07) is 12.9. The molecule has 0 N–H and O–H groups in total. The quantitative estimate of drug-likeness (QED) is 0.469. The van der Waals surface area contributed by atoms with Crippen LogP contribution in [0.1, 0.15) is 56.7 Å². The second-order valence-corrected chi connectivity index (χ2v) is 12.7. The lowest BCUT2D eigenvalue weighted by Gasteiger charge is -2.53. The molecule has 0 radical (unpaired) electrons. The van der Waals surface area contributed by atoms with Crippen molar-refractivity contribution < 1.29 is 33.1 Å². The third-order valence-electron chi connectivity index (χ3n) is 8.94. The fraction of sp³-hybridized carbons (Fsp3) is 0.515. The highest BCUT2D eigenvalue weighted by Crippen LogP contribution is 2.52. The Bertz CT molecular complexity index is 1370. The minimum Gasteiger partial charge on any atom is -0.468 e. The first-order chi connectivity index (χ1) is 20.5. The monoisotopic (exact) mass is 591 g/mol. The highest BCUT2D eigenvalue weighted by molar-refractivity contribution is 5.93. The number of methoxy groups -OCH3 is 1. The lowest BCUT2D eigenvalue weighted by Crippen LogP contribution is -2.61. The number of piperidine rings is 1. The van der Waals surface area contributed by atoms with Crippen LogP contribution in [-0.2, 0) is 30.4 Å². The summed E-state index contributed by atoms with van der Waals surface area (Å²) in [4.78, 5) is 59.3. The Kier molecular flexibility index (Phi) is 8.51. The number of benzene rings is 1. The van der Waals surface area contributed by atoms with Crippen LogP contribution in [0.15, 0.2) is 64.9 Å². The number of carbonyl (C=O) groups is 4. The summed E-state index contributed by atoms with van der Waals surface area (Å²) in [7, 11) is 1.35. The zero-order chi connectivity index (χ0) is 30.9. The molecular formula is C33H41N3O7. The summed E-state index contributed by atoms with van der Waals surface area (Å²) in [5.74, 6) is -1.57. The molecule has 3 aliphatic rings. The van der Waals surface area contributed by atoms with Gasteiger partial charge >= 0.3 is 5.97 Å². The van der Waals surface area contributed by atoms with Crippen LogP contribution in [0.5, 0.6) is 0 Å². The lowest BCUT2D eigenvalue weighted by atomic mass is 9.65. The van der Waals surface area contributed by atoms with Gasteiger partial charge in [-0.25, -0.2) is 0 Å². The zero-order valence-corrected chi connectivity index (χ0v) is 25.6. The SMILES string of the molecule is COC(=O)[C@]12C[C@H](CC(=O)N3CCN(C(=O)c4ccco4)CC3)C(=O)N(Cc3ccccc3)C1=C[C@H](C(C)(C)C)O[C@@H]2C. The van der Waals surface area contributed by atoms with Crippen molar-refractivity contribution in [2.75, 3.05) is 33.3 Å². The molecule has 2 fully saturated rings. The molecule has 3 aliphatic heterocycles. The van der Waals surface area contributed by atoms with Gasteiger partial charge in [0.2, 0.25) is 11.8 Å². The van der Waals surface area contributed by atoms with Crippen molar-refractivity contribution in [3.8, 4) is 0 Å². The smallest absolute Gasteiger partial charge is 0.320 e. The fourth-order valence-corrected chi connectivity index (χ4v) is 6.43. The van der Waals surface area contributed by atoms with Gasteiger partial charge in [0, 0.05) is 44.2 Å². The summed E-state index contributed by atoms with van der Waals surface area (Å²) in [5.41, 5.74) is -0.0387. The van der Waals surface area contributed by atoms with E-state index in [4.69, 9.17) is 13.9 Å². The van der Waals surface area contributed by atoms with E-state index in [1.165, 1.54) is 13.4 Å². The Morgan fingerprint density at radius 2 is 1.67 bits per heavy atom. The fourth-order valence-electron chi connectivity index (χ4n) is 6.43. The number of fused-ring (bicyclic) bond motifs is 1. The number of likely N-dealkylation sites (tertiary alicyclic amines) is 1. The number of amides is 3. The summed E-state index contributed by atoms with van der Waals surface area (Å²) in [6.07, 6.45) is 2.49. The molecule has 3 amide bonds. The largest absolute Gasteiger partial charge is 0.468 e. The van der Waals surface area contributed by atoms with Crippen molar-refractivity contribution in [1.29, 1.82) is 0 Å². The molecule has 230 valence electrons. The molecule has 0 spiro atoms. The van der Waals surface area contributed by atoms with Crippen molar-refractivity contribution in [2.24, 2.45) is 16.7 Å². The Hall–Kier alpha value is -3.92. The maximum absolute atomic E-state index is 14.3. The van der Waals surface area contributed by atoms with Gasteiger partial charge in [0.25, 0.3) is 5.91 Å².